The molecular weight excluding hydrogens is 423 g/mol. The second-order valence-corrected chi connectivity index (χ2v) is 10.0. The van der Waals surface area contributed by atoms with Crippen molar-refractivity contribution < 1.29 is 19.0 Å². The molecule has 1 aromatic carbocycles. The highest BCUT2D eigenvalue weighted by Gasteiger charge is 2.50. The van der Waals surface area contributed by atoms with Gasteiger partial charge >= 0.3 is 5.97 Å². The minimum absolute atomic E-state index is 0.0364. The van der Waals surface area contributed by atoms with Crippen LogP contribution in [0.5, 0.6) is 0 Å². The molecule has 3 heterocycles. The number of aromatic nitrogens is 4. The van der Waals surface area contributed by atoms with E-state index in [-0.39, 0.29) is 11.7 Å². The molecule has 8 heteroatoms. The number of halogens is 1. The van der Waals surface area contributed by atoms with Crippen molar-refractivity contribution in [3.63, 3.8) is 0 Å². The van der Waals surface area contributed by atoms with Crippen molar-refractivity contribution in [3.8, 4) is 5.69 Å². The van der Waals surface area contributed by atoms with E-state index >= 15 is 0 Å². The van der Waals surface area contributed by atoms with Crippen molar-refractivity contribution in [1.82, 2.24) is 19.7 Å². The van der Waals surface area contributed by atoms with Crippen molar-refractivity contribution >= 4 is 28.0 Å². The first-order valence-electron chi connectivity index (χ1n) is 11.0. The fourth-order valence-corrected chi connectivity index (χ4v) is 5.34. The monoisotopic (exact) mass is 450 g/mol. The molecule has 0 spiro atoms. The number of hydrogen-bond donors (Lipinski definition) is 2. The number of pyridine rings is 1. The van der Waals surface area contributed by atoms with Gasteiger partial charge in [0.15, 0.2) is 5.65 Å². The molecule has 1 fully saturated rings. The van der Waals surface area contributed by atoms with Gasteiger partial charge in [0, 0.05) is 34.9 Å². The Hall–Kier alpha value is -3.26. The molecular formula is C25H27FN4O3. The molecule has 2 N–H and O–H groups in total. The van der Waals surface area contributed by atoms with Gasteiger partial charge in [0.1, 0.15) is 5.82 Å². The molecule has 0 amide bonds. The lowest BCUT2D eigenvalue weighted by molar-refractivity contribution is -0.154. The van der Waals surface area contributed by atoms with Gasteiger partial charge in [0.05, 0.1) is 29.3 Å². The summed E-state index contributed by atoms with van der Waals surface area (Å²) in [5.41, 5.74) is 4.06. The summed E-state index contributed by atoms with van der Waals surface area (Å²) >= 11 is 0. The molecule has 0 aliphatic heterocycles. The standard InChI is InChI=1S/C25H27FN4O3/c1-24(2,13-33-4)21-19(15-10-25(3,11-15)23(31)32)20-18(9-14-12-27-29-22(14)28-20)30(21)17-7-5-16(26)6-8-17/h5-9,12,15H,10-11,13H2,1-4H3,(H,31,32)(H,27,28,29)/t15-,25-. The number of rotatable bonds is 6. The Kier molecular flexibility index (Phi) is 4.83. The van der Waals surface area contributed by atoms with Crippen LogP contribution in [0, 0.1) is 11.2 Å². The van der Waals surface area contributed by atoms with Crippen molar-refractivity contribution in [3.05, 3.63) is 53.6 Å². The number of nitrogens with zero attached hydrogens (tertiary/aromatic N) is 3. The molecule has 1 aliphatic rings. The third-order valence-electron chi connectivity index (χ3n) is 6.93. The minimum atomic E-state index is -0.775. The highest BCUT2D eigenvalue weighted by Crippen LogP contribution is 2.55. The highest BCUT2D eigenvalue weighted by molar-refractivity contribution is 5.94. The van der Waals surface area contributed by atoms with Crippen LogP contribution in [0.4, 0.5) is 4.39 Å². The van der Waals surface area contributed by atoms with E-state index in [1.165, 1.54) is 12.1 Å². The van der Waals surface area contributed by atoms with E-state index in [4.69, 9.17) is 9.72 Å². The molecule has 0 bridgehead atoms. The summed E-state index contributed by atoms with van der Waals surface area (Å²) in [6.07, 6.45) is 2.79. The number of nitrogens with one attached hydrogen (secondary N) is 1. The zero-order valence-electron chi connectivity index (χ0n) is 19.1. The van der Waals surface area contributed by atoms with Gasteiger partial charge in [-0.3, -0.25) is 9.89 Å². The molecule has 1 saturated carbocycles. The maximum atomic E-state index is 13.8. The molecule has 3 aromatic heterocycles. The summed E-state index contributed by atoms with van der Waals surface area (Å²) in [7, 11) is 1.67. The molecule has 0 atom stereocenters. The van der Waals surface area contributed by atoms with Crippen LogP contribution in [-0.2, 0) is 14.9 Å². The first-order chi connectivity index (χ1) is 15.6. The highest BCUT2D eigenvalue weighted by atomic mass is 19.1. The van der Waals surface area contributed by atoms with Crippen LogP contribution < -0.4 is 0 Å². The topological polar surface area (TPSA) is 93.0 Å². The summed E-state index contributed by atoms with van der Waals surface area (Å²) in [6, 6.07) is 8.44. The number of hydrogen-bond acceptors (Lipinski definition) is 4. The number of benzene rings is 1. The van der Waals surface area contributed by atoms with Gasteiger partial charge in [-0.25, -0.2) is 9.37 Å². The van der Waals surface area contributed by atoms with Gasteiger partial charge in [-0.15, -0.1) is 0 Å². The van der Waals surface area contributed by atoms with E-state index in [1.807, 2.05) is 6.07 Å². The van der Waals surface area contributed by atoms with Crippen LogP contribution in [0.3, 0.4) is 0 Å². The molecule has 172 valence electrons. The molecule has 0 saturated heterocycles. The van der Waals surface area contributed by atoms with Crippen molar-refractivity contribution in [2.24, 2.45) is 5.41 Å². The fourth-order valence-electron chi connectivity index (χ4n) is 5.34. The van der Waals surface area contributed by atoms with Crippen LogP contribution in [0.25, 0.3) is 27.8 Å². The summed E-state index contributed by atoms with van der Waals surface area (Å²) < 4.78 is 21.5. The quantitative estimate of drug-likeness (QED) is 0.434. The van der Waals surface area contributed by atoms with E-state index in [9.17, 15) is 14.3 Å². The number of carboxylic acid groups (broad SMARTS) is 1. The van der Waals surface area contributed by atoms with Gasteiger partial charge < -0.3 is 14.4 Å². The van der Waals surface area contributed by atoms with Crippen molar-refractivity contribution in [2.45, 2.75) is 44.9 Å². The minimum Gasteiger partial charge on any atom is -0.481 e. The maximum Gasteiger partial charge on any atom is 0.309 e. The van der Waals surface area contributed by atoms with E-state index in [1.54, 1.807) is 32.4 Å². The average molecular weight is 451 g/mol. The number of methoxy groups -OCH3 is 1. The third-order valence-corrected chi connectivity index (χ3v) is 6.93. The van der Waals surface area contributed by atoms with Crippen LogP contribution in [0.1, 0.15) is 50.8 Å². The van der Waals surface area contributed by atoms with E-state index in [0.29, 0.717) is 25.1 Å². The second kappa shape index (κ2) is 7.38. The van der Waals surface area contributed by atoms with Crippen LogP contribution in [-0.4, -0.2) is 44.5 Å². The van der Waals surface area contributed by atoms with Crippen LogP contribution >= 0.6 is 0 Å². The molecule has 0 unspecified atom stereocenters. The largest absolute Gasteiger partial charge is 0.481 e. The number of ether oxygens (including phenoxy) is 1. The van der Waals surface area contributed by atoms with Crippen molar-refractivity contribution in [1.29, 1.82) is 0 Å². The predicted molar refractivity (Wildman–Crippen MR) is 123 cm³/mol. The Bertz CT molecular complexity index is 1360. The molecule has 5 rings (SSSR count). The fraction of sp³-hybridized carbons (Fsp3) is 0.400. The van der Waals surface area contributed by atoms with Gasteiger partial charge in [-0.05, 0) is 56.0 Å². The normalized spacial score (nSPS) is 20.9. The zero-order valence-corrected chi connectivity index (χ0v) is 19.1. The zero-order chi connectivity index (χ0) is 23.5. The Morgan fingerprint density at radius 2 is 2.03 bits per heavy atom. The first kappa shape index (κ1) is 21.6. The lowest BCUT2D eigenvalue weighted by Gasteiger charge is -2.43. The molecule has 7 nitrogen and oxygen atoms in total. The molecule has 33 heavy (non-hydrogen) atoms. The first-order valence-corrected chi connectivity index (χ1v) is 11.0. The third kappa shape index (κ3) is 3.31. The Morgan fingerprint density at radius 3 is 2.67 bits per heavy atom. The van der Waals surface area contributed by atoms with E-state index in [2.05, 4.69) is 28.6 Å². The van der Waals surface area contributed by atoms with E-state index < -0.39 is 16.8 Å². The molecule has 1 aliphatic carbocycles. The second-order valence-electron chi connectivity index (χ2n) is 10.0. The number of carboxylic acids is 1. The van der Waals surface area contributed by atoms with Gasteiger partial charge in [-0.1, -0.05) is 13.8 Å². The number of H-pyrrole nitrogens is 1. The van der Waals surface area contributed by atoms with Crippen LogP contribution in [0.2, 0.25) is 0 Å². The average Bonchev–Trinajstić information content (AvgIpc) is 3.32. The number of carbonyl (C=O) groups is 1. The maximum absolute atomic E-state index is 13.8. The Labute approximate surface area is 190 Å². The summed E-state index contributed by atoms with van der Waals surface area (Å²) in [5.74, 6) is -1.04. The van der Waals surface area contributed by atoms with Crippen molar-refractivity contribution in [2.75, 3.05) is 13.7 Å². The smallest absolute Gasteiger partial charge is 0.309 e. The summed E-state index contributed by atoms with van der Waals surface area (Å²) in [5, 5.41) is 17.7. The lowest BCUT2D eigenvalue weighted by atomic mass is 9.60. The lowest BCUT2D eigenvalue weighted by Crippen LogP contribution is -2.41. The summed E-state index contributed by atoms with van der Waals surface area (Å²) in [6.45, 7) is 6.47. The van der Waals surface area contributed by atoms with Crippen LogP contribution in [0.15, 0.2) is 36.5 Å². The number of fused-ring (bicyclic) bond motifs is 2. The SMILES string of the molecule is COCC(C)(C)c1c([C@H]2C[C@](C)(C(=O)O)C2)c2nc3[nH]ncc3cc2n1-c1ccc(F)cc1. The predicted octanol–water partition coefficient (Wildman–Crippen LogP) is 4.93. The number of aliphatic carboxylic acids is 1. The molecule has 0 radical (unpaired) electrons. The van der Waals surface area contributed by atoms with Gasteiger partial charge in [0.2, 0.25) is 0 Å². The Balaban J connectivity index is 1.85. The van der Waals surface area contributed by atoms with Gasteiger partial charge in [-0.2, -0.15) is 5.10 Å². The Morgan fingerprint density at radius 1 is 1.33 bits per heavy atom. The van der Waals surface area contributed by atoms with E-state index in [0.717, 1.165) is 33.4 Å². The molecule has 4 aromatic rings. The van der Waals surface area contributed by atoms with Gasteiger partial charge in [0.25, 0.3) is 0 Å². The summed E-state index contributed by atoms with van der Waals surface area (Å²) in [4.78, 5) is 16.8. The number of aromatic amines is 1.